The first-order chi connectivity index (χ1) is 19.0. The molecule has 0 bridgehead atoms. The summed E-state index contributed by atoms with van der Waals surface area (Å²) in [5, 5.41) is 22.6. The van der Waals surface area contributed by atoms with Crippen LogP contribution in [-0.4, -0.2) is 22.2 Å². The zero-order valence-electron chi connectivity index (χ0n) is 20.7. The SMILES string of the molecule is O=C(O)c1ccc(-c2ccc3ccccc3c2Oc2c(-c3ccc(C(=O)O)cc3)ccc3ccccc23)cc1. The Kier molecular flexibility index (Phi) is 6.02. The summed E-state index contributed by atoms with van der Waals surface area (Å²) in [6, 6.07) is 37.4. The Morgan fingerprint density at radius 2 is 0.846 bits per heavy atom. The number of rotatable bonds is 6. The van der Waals surface area contributed by atoms with E-state index < -0.39 is 11.9 Å². The highest BCUT2D eigenvalue weighted by atomic mass is 16.5. The maximum absolute atomic E-state index is 11.4. The minimum absolute atomic E-state index is 0.211. The van der Waals surface area contributed by atoms with Crippen molar-refractivity contribution in [3.05, 3.63) is 132 Å². The van der Waals surface area contributed by atoms with E-state index in [1.807, 2.05) is 72.8 Å². The summed E-state index contributed by atoms with van der Waals surface area (Å²) in [6.45, 7) is 0. The van der Waals surface area contributed by atoms with Gasteiger partial charge in [-0.05, 0) is 58.3 Å². The molecule has 5 nitrogen and oxygen atoms in total. The molecule has 188 valence electrons. The molecular weight excluding hydrogens is 488 g/mol. The van der Waals surface area contributed by atoms with Gasteiger partial charge in [-0.15, -0.1) is 0 Å². The predicted octanol–water partition coefficient (Wildman–Crippen LogP) is 8.52. The number of hydrogen-bond donors (Lipinski definition) is 2. The standard InChI is InChI=1S/C34H22O5/c35-33(36)25-13-9-23(10-14-25)29-19-17-21-5-1-3-7-27(21)31(29)39-32-28-8-4-2-6-22(28)18-20-30(32)24-11-15-26(16-12-24)34(37)38/h1-20H,(H,35,36)(H,37,38). The predicted molar refractivity (Wildman–Crippen MR) is 153 cm³/mol. The molecule has 0 spiro atoms. The Hall–Kier alpha value is -5.42. The second-order valence-electron chi connectivity index (χ2n) is 9.19. The summed E-state index contributed by atoms with van der Waals surface area (Å²) in [5.41, 5.74) is 3.73. The monoisotopic (exact) mass is 510 g/mol. The summed E-state index contributed by atoms with van der Waals surface area (Å²) in [7, 11) is 0. The first kappa shape index (κ1) is 23.9. The van der Waals surface area contributed by atoms with Gasteiger partial charge in [-0.1, -0.05) is 84.9 Å². The van der Waals surface area contributed by atoms with Gasteiger partial charge in [0.1, 0.15) is 11.5 Å². The molecule has 6 rings (SSSR count). The lowest BCUT2D eigenvalue weighted by atomic mass is 9.97. The quantitative estimate of drug-likeness (QED) is 0.235. The average molecular weight is 511 g/mol. The van der Waals surface area contributed by atoms with Crippen molar-refractivity contribution in [2.24, 2.45) is 0 Å². The Bertz CT molecular complexity index is 1730. The lowest BCUT2D eigenvalue weighted by Gasteiger charge is -2.19. The maximum atomic E-state index is 11.4. The largest absolute Gasteiger partial charge is 0.478 e. The summed E-state index contributed by atoms with van der Waals surface area (Å²) >= 11 is 0. The number of carboxylic acid groups (broad SMARTS) is 2. The Balaban J connectivity index is 1.58. The molecule has 0 aromatic heterocycles. The molecule has 6 aromatic rings. The Morgan fingerprint density at radius 3 is 1.23 bits per heavy atom. The number of ether oxygens (including phenoxy) is 1. The molecule has 2 N–H and O–H groups in total. The first-order valence-corrected chi connectivity index (χ1v) is 12.4. The highest BCUT2D eigenvalue weighted by Gasteiger charge is 2.18. The molecule has 0 atom stereocenters. The van der Waals surface area contributed by atoms with Crippen molar-refractivity contribution in [2.45, 2.75) is 0 Å². The fourth-order valence-corrected chi connectivity index (χ4v) is 4.85. The second kappa shape index (κ2) is 9.80. The second-order valence-corrected chi connectivity index (χ2v) is 9.19. The molecule has 0 aliphatic heterocycles. The van der Waals surface area contributed by atoms with Crippen molar-refractivity contribution in [1.29, 1.82) is 0 Å². The summed E-state index contributed by atoms with van der Waals surface area (Å²) < 4.78 is 6.90. The van der Waals surface area contributed by atoms with E-state index in [4.69, 9.17) is 4.74 Å². The van der Waals surface area contributed by atoms with Gasteiger partial charge in [-0.3, -0.25) is 0 Å². The van der Waals surface area contributed by atoms with Crippen molar-refractivity contribution >= 4 is 33.5 Å². The van der Waals surface area contributed by atoms with Crippen LogP contribution in [-0.2, 0) is 0 Å². The molecule has 0 radical (unpaired) electrons. The van der Waals surface area contributed by atoms with Crippen LogP contribution in [0, 0.1) is 0 Å². The van der Waals surface area contributed by atoms with Gasteiger partial charge < -0.3 is 14.9 Å². The third kappa shape index (κ3) is 4.47. The lowest BCUT2D eigenvalue weighted by Crippen LogP contribution is -1.97. The van der Waals surface area contributed by atoms with Crippen LogP contribution >= 0.6 is 0 Å². The van der Waals surface area contributed by atoms with Crippen molar-refractivity contribution in [1.82, 2.24) is 0 Å². The highest BCUT2D eigenvalue weighted by Crippen LogP contribution is 2.45. The van der Waals surface area contributed by atoms with Crippen molar-refractivity contribution < 1.29 is 24.5 Å². The van der Waals surface area contributed by atoms with Gasteiger partial charge in [0.2, 0.25) is 0 Å². The number of carbonyl (C=O) groups is 2. The number of aromatic carboxylic acids is 2. The minimum atomic E-state index is -0.981. The molecule has 0 saturated carbocycles. The smallest absolute Gasteiger partial charge is 0.335 e. The fraction of sp³-hybridized carbons (Fsp3) is 0. The van der Waals surface area contributed by atoms with E-state index in [2.05, 4.69) is 0 Å². The van der Waals surface area contributed by atoms with E-state index in [-0.39, 0.29) is 11.1 Å². The summed E-state index contributed by atoms with van der Waals surface area (Å²) in [6.07, 6.45) is 0. The van der Waals surface area contributed by atoms with E-state index in [9.17, 15) is 19.8 Å². The molecule has 0 saturated heterocycles. The minimum Gasteiger partial charge on any atom is -0.478 e. The normalized spacial score (nSPS) is 11.0. The van der Waals surface area contributed by atoms with Gasteiger partial charge in [-0.2, -0.15) is 0 Å². The molecule has 0 fully saturated rings. The van der Waals surface area contributed by atoms with Crippen LogP contribution in [0.3, 0.4) is 0 Å². The van der Waals surface area contributed by atoms with Gasteiger partial charge >= 0.3 is 11.9 Å². The van der Waals surface area contributed by atoms with Gasteiger partial charge in [0.25, 0.3) is 0 Å². The summed E-state index contributed by atoms with van der Waals surface area (Å²) in [5.74, 6) is -0.663. The number of hydrogen-bond acceptors (Lipinski definition) is 3. The first-order valence-electron chi connectivity index (χ1n) is 12.4. The van der Waals surface area contributed by atoms with Crippen molar-refractivity contribution in [2.75, 3.05) is 0 Å². The topological polar surface area (TPSA) is 83.8 Å². The number of benzene rings is 6. The van der Waals surface area contributed by atoms with Crippen LogP contribution in [0.4, 0.5) is 0 Å². The number of fused-ring (bicyclic) bond motifs is 2. The molecule has 5 heteroatoms. The molecule has 0 unspecified atom stereocenters. The third-order valence-corrected chi connectivity index (χ3v) is 6.85. The van der Waals surface area contributed by atoms with Crippen LogP contribution in [0.25, 0.3) is 43.8 Å². The van der Waals surface area contributed by atoms with Crippen LogP contribution in [0.5, 0.6) is 11.5 Å². The third-order valence-electron chi connectivity index (χ3n) is 6.85. The number of carboxylic acids is 2. The van der Waals surface area contributed by atoms with Gasteiger partial charge in [0.15, 0.2) is 0 Å². The van der Waals surface area contributed by atoms with E-state index in [1.54, 1.807) is 48.5 Å². The van der Waals surface area contributed by atoms with Crippen molar-refractivity contribution in [3.8, 4) is 33.8 Å². The molecule has 0 aliphatic rings. The summed E-state index contributed by atoms with van der Waals surface area (Å²) in [4.78, 5) is 22.9. The van der Waals surface area contributed by atoms with Gasteiger partial charge in [-0.25, -0.2) is 9.59 Å². The molecule has 0 aliphatic carbocycles. The molecular formula is C34H22O5. The zero-order valence-corrected chi connectivity index (χ0v) is 20.7. The maximum Gasteiger partial charge on any atom is 0.335 e. The van der Waals surface area contributed by atoms with E-state index in [0.29, 0.717) is 11.5 Å². The molecule has 0 heterocycles. The van der Waals surface area contributed by atoms with Crippen LogP contribution in [0.1, 0.15) is 20.7 Å². The van der Waals surface area contributed by atoms with E-state index >= 15 is 0 Å². The average Bonchev–Trinajstić information content (AvgIpc) is 2.97. The van der Waals surface area contributed by atoms with E-state index in [0.717, 1.165) is 43.8 Å². The molecule has 39 heavy (non-hydrogen) atoms. The van der Waals surface area contributed by atoms with E-state index in [1.165, 1.54) is 0 Å². The zero-order chi connectivity index (χ0) is 26.9. The van der Waals surface area contributed by atoms with Gasteiger partial charge in [0, 0.05) is 21.9 Å². The van der Waals surface area contributed by atoms with Crippen LogP contribution in [0.15, 0.2) is 121 Å². The van der Waals surface area contributed by atoms with Crippen LogP contribution < -0.4 is 4.74 Å². The lowest BCUT2D eigenvalue weighted by molar-refractivity contribution is 0.0686. The Labute approximate surface area is 224 Å². The highest BCUT2D eigenvalue weighted by molar-refractivity contribution is 5.99. The molecule has 6 aromatic carbocycles. The fourth-order valence-electron chi connectivity index (χ4n) is 4.85. The molecule has 0 amide bonds. The van der Waals surface area contributed by atoms with Crippen LogP contribution in [0.2, 0.25) is 0 Å². The van der Waals surface area contributed by atoms with Gasteiger partial charge in [0.05, 0.1) is 11.1 Å². The van der Waals surface area contributed by atoms with Crippen molar-refractivity contribution in [3.63, 3.8) is 0 Å². The Morgan fingerprint density at radius 1 is 0.462 bits per heavy atom.